The van der Waals surface area contributed by atoms with E-state index in [0.717, 1.165) is 38.4 Å². The van der Waals surface area contributed by atoms with Crippen LogP contribution in [0, 0.1) is 5.92 Å². The third kappa shape index (κ3) is 4.47. The van der Waals surface area contributed by atoms with Gasteiger partial charge in [-0.15, -0.1) is 0 Å². The first-order valence-corrected chi connectivity index (χ1v) is 5.95. The van der Waals surface area contributed by atoms with Crippen LogP contribution < -0.4 is 5.32 Å². The van der Waals surface area contributed by atoms with Crippen molar-refractivity contribution < 1.29 is 0 Å². The Morgan fingerprint density at radius 2 is 2.27 bits per heavy atom. The zero-order valence-corrected chi connectivity index (χ0v) is 10.2. The van der Waals surface area contributed by atoms with Gasteiger partial charge in [0, 0.05) is 31.4 Å². The van der Waals surface area contributed by atoms with Crippen molar-refractivity contribution in [1.82, 2.24) is 15.1 Å². The summed E-state index contributed by atoms with van der Waals surface area (Å²) in [5.74, 6) is 0.727. The SMILES string of the molecule is CCCn1nccc1CCNCC(C)C. The Morgan fingerprint density at radius 1 is 1.47 bits per heavy atom. The minimum Gasteiger partial charge on any atom is -0.316 e. The van der Waals surface area contributed by atoms with Crippen molar-refractivity contribution in [3.05, 3.63) is 18.0 Å². The van der Waals surface area contributed by atoms with Crippen LogP contribution in [0.5, 0.6) is 0 Å². The Morgan fingerprint density at radius 3 is 2.93 bits per heavy atom. The maximum Gasteiger partial charge on any atom is 0.0492 e. The van der Waals surface area contributed by atoms with Crippen molar-refractivity contribution >= 4 is 0 Å². The molecule has 1 N–H and O–H groups in total. The topological polar surface area (TPSA) is 29.9 Å². The van der Waals surface area contributed by atoms with Crippen molar-refractivity contribution in [2.75, 3.05) is 13.1 Å². The Kier molecular flexibility index (Phi) is 5.40. The minimum atomic E-state index is 0.727. The summed E-state index contributed by atoms with van der Waals surface area (Å²) in [5.41, 5.74) is 1.34. The predicted octanol–water partition coefficient (Wildman–Crippen LogP) is 2.08. The number of rotatable bonds is 7. The normalized spacial score (nSPS) is 11.2. The average Bonchev–Trinajstić information content (AvgIpc) is 2.61. The van der Waals surface area contributed by atoms with Crippen LogP contribution in [-0.2, 0) is 13.0 Å². The molecule has 15 heavy (non-hydrogen) atoms. The molecule has 0 bridgehead atoms. The van der Waals surface area contributed by atoms with E-state index in [1.165, 1.54) is 5.69 Å². The maximum absolute atomic E-state index is 4.31. The van der Waals surface area contributed by atoms with Crippen molar-refractivity contribution in [1.29, 1.82) is 0 Å². The summed E-state index contributed by atoms with van der Waals surface area (Å²) >= 11 is 0. The molecule has 86 valence electrons. The zero-order valence-electron chi connectivity index (χ0n) is 10.2. The van der Waals surface area contributed by atoms with Crippen LogP contribution in [0.25, 0.3) is 0 Å². The van der Waals surface area contributed by atoms with E-state index in [0.29, 0.717) is 0 Å². The van der Waals surface area contributed by atoms with Crippen molar-refractivity contribution in [3.8, 4) is 0 Å². The number of nitrogens with zero attached hydrogens (tertiary/aromatic N) is 2. The predicted molar refractivity (Wildman–Crippen MR) is 63.9 cm³/mol. The number of hydrogen-bond donors (Lipinski definition) is 1. The first kappa shape index (κ1) is 12.2. The molecule has 1 rings (SSSR count). The Hall–Kier alpha value is -0.830. The van der Waals surface area contributed by atoms with Gasteiger partial charge >= 0.3 is 0 Å². The molecule has 0 atom stereocenters. The van der Waals surface area contributed by atoms with Crippen molar-refractivity contribution in [3.63, 3.8) is 0 Å². The first-order chi connectivity index (χ1) is 7.24. The molecule has 0 saturated carbocycles. The number of hydrogen-bond acceptors (Lipinski definition) is 2. The van der Waals surface area contributed by atoms with Crippen LogP contribution in [0.2, 0.25) is 0 Å². The van der Waals surface area contributed by atoms with Crippen molar-refractivity contribution in [2.45, 2.75) is 40.2 Å². The van der Waals surface area contributed by atoms with Gasteiger partial charge in [-0.05, 0) is 24.9 Å². The van der Waals surface area contributed by atoms with Crippen LogP contribution in [0.1, 0.15) is 32.9 Å². The first-order valence-electron chi connectivity index (χ1n) is 5.95. The molecule has 0 aliphatic carbocycles. The van der Waals surface area contributed by atoms with E-state index in [2.05, 4.69) is 41.9 Å². The van der Waals surface area contributed by atoms with Crippen LogP contribution in [0.4, 0.5) is 0 Å². The van der Waals surface area contributed by atoms with Gasteiger partial charge in [-0.2, -0.15) is 5.10 Å². The molecule has 0 unspecified atom stereocenters. The fourth-order valence-corrected chi connectivity index (χ4v) is 1.59. The second kappa shape index (κ2) is 6.62. The highest BCUT2D eigenvalue weighted by atomic mass is 15.3. The molecule has 0 saturated heterocycles. The quantitative estimate of drug-likeness (QED) is 0.697. The molecule has 0 aliphatic heterocycles. The summed E-state index contributed by atoms with van der Waals surface area (Å²) in [7, 11) is 0. The van der Waals surface area contributed by atoms with Crippen LogP contribution in [0.3, 0.4) is 0 Å². The van der Waals surface area contributed by atoms with Crippen molar-refractivity contribution in [2.24, 2.45) is 5.92 Å². The lowest BCUT2D eigenvalue weighted by Crippen LogP contribution is -2.23. The summed E-state index contributed by atoms with van der Waals surface area (Å²) in [6.45, 7) is 9.83. The molecular weight excluding hydrogens is 186 g/mol. The van der Waals surface area contributed by atoms with Gasteiger partial charge in [-0.25, -0.2) is 0 Å². The van der Waals surface area contributed by atoms with Gasteiger partial charge in [-0.1, -0.05) is 20.8 Å². The average molecular weight is 209 g/mol. The van der Waals surface area contributed by atoms with Crippen LogP contribution in [0.15, 0.2) is 12.3 Å². The molecule has 3 heteroatoms. The highest BCUT2D eigenvalue weighted by Gasteiger charge is 2.01. The van der Waals surface area contributed by atoms with E-state index >= 15 is 0 Å². The molecule has 1 aromatic heterocycles. The van der Waals surface area contributed by atoms with Gasteiger partial charge in [0.1, 0.15) is 0 Å². The van der Waals surface area contributed by atoms with E-state index in [4.69, 9.17) is 0 Å². The highest BCUT2D eigenvalue weighted by molar-refractivity contribution is 5.00. The molecule has 3 nitrogen and oxygen atoms in total. The van der Waals surface area contributed by atoms with Gasteiger partial charge < -0.3 is 5.32 Å². The van der Waals surface area contributed by atoms with Gasteiger partial charge in [0.25, 0.3) is 0 Å². The maximum atomic E-state index is 4.31. The Bertz CT molecular complexity index is 266. The molecule has 0 fully saturated rings. The molecule has 0 spiro atoms. The third-order valence-corrected chi connectivity index (χ3v) is 2.35. The zero-order chi connectivity index (χ0) is 11.1. The lowest BCUT2D eigenvalue weighted by atomic mass is 10.2. The van der Waals surface area contributed by atoms with Gasteiger partial charge in [-0.3, -0.25) is 4.68 Å². The number of aryl methyl sites for hydroxylation is 1. The third-order valence-electron chi connectivity index (χ3n) is 2.35. The lowest BCUT2D eigenvalue weighted by Gasteiger charge is -2.08. The lowest BCUT2D eigenvalue weighted by molar-refractivity contribution is 0.532. The van der Waals surface area contributed by atoms with E-state index in [9.17, 15) is 0 Å². The number of aromatic nitrogens is 2. The summed E-state index contributed by atoms with van der Waals surface area (Å²) in [6, 6.07) is 2.12. The smallest absolute Gasteiger partial charge is 0.0492 e. The Labute approximate surface area is 92.9 Å². The summed E-state index contributed by atoms with van der Waals surface area (Å²) in [6.07, 6.45) is 4.12. The van der Waals surface area contributed by atoms with Gasteiger partial charge in [0.2, 0.25) is 0 Å². The van der Waals surface area contributed by atoms with E-state index in [-0.39, 0.29) is 0 Å². The fourth-order valence-electron chi connectivity index (χ4n) is 1.59. The van der Waals surface area contributed by atoms with E-state index in [1.54, 1.807) is 0 Å². The van der Waals surface area contributed by atoms with Gasteiger partial charge in [0.05, 0.1) is 0 Å². The molecule has 0 aliphatic rings. The monoisotopic (exact) mass is 209 g/mol. The summed E-state index contributed by atoms with van der Waals surface area (Å²) < 4.78 is 2.11. The van der Waals surface area contributed by atoms with Crippen LogP contribution in [-0.4, -0.2) is 22.9 Å². The van der Waals surface area contributed by atoms with E-state index < -0.39 is 0 Å². The highest BCUT2D eigenvalue weighted by Crippen LogP contribution is 2.00. The fraction of sp³-hybridized carbons (Fsp3) is 0.750. The second-order valence-corrected chi connectivity index (χ2v) is 4.39. The second-order valence-electron chi connectivity index (χ2n) is 4.39. The van der Waals surface area contributed by atoms with Gasteiger partial charge in [0.15, 0.2) is 0 Å². The summed E-state index contributed by atoms with van der Waals surface area (Å²) in [4.78, 5) is 0. The molecule has 0 amide bonds. The Balaban J connectivity index is 2.27. The van der Waals surface area contributed by atoms with E-state index in [1.807, 2.05) is 6.20 Å². The molecule has 1 aromatic rings. The molecule has 1 heterocycles. The largest absolute Gasteiger partial charge is 0.316 e. The molecule has 0 radical (unpaired) electrons. The minimum absolute atomic E-state index is 0.727. The molecular formula is C12H23N3. The summed E-state index contributed by atoms with van der Waals surface area (Å²) in [5, 5.41) is 7.76. The molecule has 0 aromatic carbocycles. The van der Waals surface area contributed by atoms with Crippen LogP contribution >= 0.6 is 0 Å². The number of nitrogens with one attached hydrogen (secondary N) is 1. The standard InChI is InChI=1S/C12H23N3/c1-4-9-15-12(6-8-14-15)5-7-13-10-11(2)3/h6,8,11,13H,4-5,7,9-10H2,1-3H3.